The third kappa shape index (κ3) is 4.00. The van der Waals surface area contributed by atoms with E-state index in [2.05, 4.69) is 0 Å². The third-order valence-corrected chi connectivity index (χ3v) is 4.56. The fourth-order valence-electron chi connectivity index (χ4n) is 3.07. The van der Waals surface area contributed by atoms with Gasteiger partial charge in [0.25, 0.3) is 0 Å². The highest BCUT2D eigenvalue weighted by Crippen LogP contribution is 2.34. The molecular formula is C21H21NO5. The van der Waals surface area contributed by atoms with Gasteiger partial charge >= 0.3 is 5.97 Å². The van der Waals surface area contributed by atoms with Crippen LogP contribution in [0, 0.1) is 12.8 Å². The molecule has 27 heavy (non-hydrogen) atoms. The van der Waals surface area contributed by atoms with Crippen LogP contribution >= 0.6 is 0 Å². The fraction of sp³-hybridized carbons (Fsp3) is 0.286. The van der Waals surface area contributed by atoms with Crippen LogP contribution in [0.1, 0.15) is 29.3 Å². The Hall–Kier alpha value is -3.15. The molecule has 6 nitrogen and oxygen atoms in total. The lowest BCUT2D eigenvalue weighted by molar-refractivity contribution is -0.139. The largest absolute Gasteiger partial charge is 0.495 e. The number of nitrogens with zero attached hydrogens (tertiary/aromatic N) is 1. The Kier molecular flexibility index (Phi) is 5.26. The van der Waals surface area contributed by atoms with Crippen LogP contribution in [0.4, 0.5) is 5.69 Å². The average Bonchev–Trinajstić information content (AvgIpc) is 3.04. The number of carbonyl (C=O) groups is 3. The molecule has 140 valence electrons. The van der Waals surface area contributed by atoms with Crippen molar-refractivity contribution in [3.8, 4) is 11.5 Å². The number of hydrogen-bond acceptors (Lipinski definition) is 5. The highest BCUT2D eigenvalue weighted by atomic mass is 16.5. The Bertz CT molecular complexity index is 888. The number of esters is 1. The molecule has 3 rings (SSSR count). The smallest absolute Gasteiger partial charge is 0.316 e. The van der Waals surface area contributed by atoms with Crippen LogP contribution in [0.2, 0.25) is 0 Å². The summed E-state index contributed by atoms with van der Waals surface area (Å²) in [5.41, 5.74) is 2.20. The second kappa shape index (κ2) is 7.61. The summed E-state index contributed by atoms with van der Waals surface area (Å²) in [7, 11) is 1.55. The molecule has 0 spiro atoms. The number of anilines is 1. The van der Waals surface area contributed by atoms with E-state index in [1.807, 2.05) is 19.1 Å². The van der Waals surface area contributed by atoms with Crippen molar-refractivity contribution in [1.82, 2.24) is 0 Å². The highest BCUT2D eigenvalue weighted by Gasteiger charge is 2.37. The second-order valence-electron chi connectivity index (χ2n) is 6.58. The molecule has 6 heteroatoms. The van der Waals surface area contributed by atoms with Crippen molar-refractivity contribution in [2.75, 3.05) is 18.6 Å². The van der Waals surface area contributed by atoms with Gasteiger partial charge in [-0.1, -0.05) is 6.07 Å². The third-order valence-electron chi connectivity index (χ3n) is 4.56. The molecule has 1 aliphatic heterocycles. The lowest BCUT2D eigenvalue weighted by atomic mass is 10.1. The van der Waals surface area contributed by atoms with Crippen LogP contribution < -0.4 is 14.4 Å². The Balaban J connectivity index is 1.72. The van der Waals surface area contributed by atoms with Crippen LogP contribution in [0.25, 0.3) is 0 Å². The maximum Gasteiger partial charge on any atom is 0.316 e. The van der Waals surface area contributed by atoms with Crippen molar-refractivity contribution in [3.05, 3.63) is 53.6 Å². The summed E-state index contributed by atoms with van der Waals surface area (Å²) in [5.74, 6) is -0.292. The van der Waals surface area contributed by atoms with Gasteiger partial charge in [0.1, 0.15) is 11.5 Å². The van der Waals surface area contributed by atoms with Crippen LogP contribution in [0.15, 0.2) is 42.5 Å². The number of aryl methyl sites for hydroxylation is 1. The molecule has 0 radical (unpaired) electrons. The van der Waals surface area contributed by atoms with Crippen molar-refractivity contribution < 1.29 is 23.9 Å². The molecule has 1 heterocycles. The molecule has 0 saturated carbocycles. The molecule has 0 aromatic heterocycles. The SMILES string of the molecule is COc1ccc(C)cc1N1C[C@H](C(=O)Oc2ccc(C(C)=O)cc2)CC1=O. The standard InChI is InChI=1S/C21H21NO5/c1-13-4-9-19(26-3)18(10-13)22-12-16(11-20(22)24)21(25)27-17-7-5-15(6-8-17)14(2)23/h4-10,16H,11-12H2,1-3H3/t16-/m1/s1. The first kappa shape index (κ1) is 18.6. The first-order chi connectivity index (χ1) is 12.9. The number of ether oxygens (including phenoxy) is 2. The van der Waals surface area contributed by atoms with Gasteiger partial charge in [-0.3, -0.25) is 14.4 Å². The minimum atomic E-state index is -0.560. The maximum atomic E-state index is 12.5. The van der Waals surface area contributed by atoms with E-state index in [4.69, 9.17) is 9.47 Å². The molecule has 0 aliphatic carbocycles. The van der Waals surface area contributed by atoms with Gasteiger partial charge in [0.05, 0.1) is 18.7 Å². The lowest BCUT2D eigenvalue weighted by Gasteiger charge is -2.20. The van der Waals surface area contributed by atoms with E-state index in [1.165, 1.54) is 6.92 Å². The molecule has 0 unspecified atom stereocenters. The van der Waals surface area contributed by atoms with Crippen LogP contribution in [0.5, 0.6) is 11.5 Å². The average molecular weight is 367 g/mol. The van der Waals surface area contributed by atoms with E-state index in [0.717, 1.165) is 5.56 Å². The summed E-state index contributed by atoms with van der Waals surface area (Å²) < 4.78 is 10.7. The molecule has 1 saturated heterocycles. The van der Waals surface area contributed by atoms with Gasteiger partial charge in [-0.15, -0.1) is 0 Å². The zero-order valence-corrected chi connectivity index (χ0v) is 15.5. The van der Waals surface area contributed by atoms with E-state index < -0.39 is 11.9 Å². The Morgan fingerprint density at radius 2 is 1.81 bits per heavy atom. The van der Waals surface area contributed by atoms with E-state index in [-0.39, 0.29) is 24.7 Å². The lowest BCUT2D eigenvalue weighted by Crippen LogP contribution is -2.27. The monoisotopic (exact) mass is 367 g/mol. The van der Waals surface area contributed by atoms with Gasteiger partial charge in [-0.25, -0.2) is 0 Å². The summed E-state index contributed by atoms with van der Waals surface area (Å²) in [6, 6.07) is 11.9. The molecule has 2 aromatic carbocycles. The van der Waals surface area contributed by atoms with Crippen LogP contribution in [0.3, 0.4) is 0 Å². The van der Waals surface area contributed by atoms with Crippen molar-refractivity contribution >= 4 is 23.3 Å². The topological polar surface area (TPSA) is 72.9 Å². The summed E-state index contributed by atoms with van der Waals surface area (Å²) in [6.07, 6.45) is 0.0848. The molecule has 2 aromatic rings. The van der Waals surface area contributed by atoms with Gasteiger partial charge in [-0.2, -0.15) is 0 Å². The number of rotatable bonds is 5. The van der Waals surface area contributed by atoms with E-state index in [1.54, 1.807) is 42.3 Å². The van der Waals surface area contributed by atoms with Crippen molar-refractivity contribution in [3.63, 3.8) is 0 Å². The number of ketones is 1. The van der Waals surface area contributed by atoms with Gasteiger partial charge in [0.15, 0.2) is 5.78 Å². The van der Waals surface area contributed by atoms with Crippen molar-refractivity contribution in [2.24, 2.45) is 5.92 Å². The zero-order chi connectivity index (χ0) is 19.6. The minimum Gasteiger partial charge on any atom is -0.495 e. The normalized spacial score (nSPS) is 16.3. The van der Waals surface area contributed by atoms with Gasteiger partial charge < -0.3 is 14.4 Å². The Labute approximate surface area is 157 Å². The molecule has 1 atom stereocenters. The molecule has 1 aliphatic rings. The van der Waals surface area contributed by atoms with E-state index in [9.17, 15) is 14.4 Å². The van der Waals surface area contributed by atoms with Gasteiger partial charge in [-0.05, 0) is 55.8 Å². The van der Waals surface area contributed by atoms with Gasteiger partial charge in [0.2, 0.25) is 5.91 Å². The molecule has 0 N–H and O–H groups in total. The quantitative estimate of drug-likeness (QED) is 0.461. The van der Waals surface area contributed by atoms with Gasteiger partial charge in [0, 0.05) is 18.5 Å². The first-order valence-corrected chi connectivity index (χ1v) is 8.66. The maximum absolute atomic E-state index is 12.5. The number of benzene rings is 2. The first-order valence-electron chi connectivity index (χ1n) is 8.66. The number of methoxy groups -OCH3 is 1. The Morgan fingerprint density at radius 3 is 2.44 bits per heavy atom. The van der Waals surface area contributed by atoms with Crippen molar-refractivity contribution in [2.45, 2.75) is 20.3 Å². The number of amides is 1. The Morgan fingerprint density at radius 1 is 1.11 bits per heavy atom. The highest BCUT2D eigenvalue weighted by molar-refractivity contribution is 6.01. The number of hydrogen-bond donors (Lipinski definition) is 0. The predicted octanol–water partition coefficient (Wildman–Crippen LogP) is 3.16. The van der Waals surface area contributed by atoms with Crippen LogP contribution in [-0.2, 0) is 9.59 Å². The molecule has 0 bridgehead atoms. The van der Waals surface area contributed by atoms with Crippen LogP contribution in [-0.4, -0.2) is 31.3 Å². The number of carbonyl (C=O) groups excluding carboxylic acids is 3. The van der Waals surface area contributed by atoms with E-state index >= 15 is 0 Å². The molecule has 1 amide bonds. The summed E-state index contributed by atoms with van der Waals surface area (Å²) in [4.78, 5) is 37.8. The zero-order valence-electron chi connectivity index (χ0n) is 15.5. The molecular weight excluding hydrogens is 346 g/mol. The second-order valence-corrected chi connectivity index (χ2v) is 6.58. The number of Topliss-reactive ketones (excluding diaryl/α,β-unsaturated/α-hetero) is 1. The molecule has 1 fully saturated rings. The predicted molar refractivity (Wildman–Crippen MR) is 100 cm³/mol. The summed E-state index contributed by atoms with van der Waals surface area (Å²) in [6.45, 7) is 3.64. The minimum absolute atomic E-state index is 0.0583. The summed E-state index contributed by atoms with van der Waals surface area (Å²) >= 11 is 0. The van der Waals surface area contributed by atoms with E-state index in [0.29, 0.717) is 22.7 Å². The summed E-state index contributed by atoms with van der Waals surface area (Å²) in [5, 5.41) is 0. The fourth-order valence-corrected chi connectivity index (χ4v) is 3.07. The van der Waals surface area contributed by atoms with Crippen molar-refractivity contribution in [1.29, 1.82) is 0 Å².